The van der Waals surface area contributed by atoms with E-state index in [-0.39, 0.29) is 35.6 Å². The Kier molecular flexibility index (Phi) is 6.68. The molecular weight excluding hydrogens is 454 g/mol. The summed E-state index contributed by atoms with van der Waals surface area (Å²) in [6.07, 6.45) is 0.667. The minimum Gasteiger partial charge on any atom is -0.344 e. The second kappa shape index (κ2) is 9.48. The highest BCUT2D eigenvalue weighted by molar-refractivity contribution is 7.89. The number of sulfonamides is 1. The van der Waals surface area contributed by atoms with Crippen molar-refractivity contribution in [2.45, 2.75) is 23.8 Å². The minimum absolute atomic E-state index is 0.134. The predicted molar refractivity (Wildman–Crippen MR) is 119 cm³/mol. The molecule has 4 rings (SSSR count). The van der Waals surface area contributed by atoms with E-state index in [1.807, 2.05) is 17.5 Å². The molecule has 0 unspecified atom stereocenters. The number of rotatable bonds is 6. The first kappa shape index (κ1) is 22.6. The Bertz CT molecular complexity index is 1170. The van der Waals surface area contributed by atoms with E-state index in [0.29, 0.717) is 12.8 Å². The highest BCUT2D eigenvalue weighted by Crippen LogP contribution is 2.29. The number of hydrogen-bond donors (Lipinski definition) is 1. The van der Waals surface area contributed by atoms with E-state index >= 15 is 0 Å². The van der Waals surface area contributed by atoms with Gasteiger partial charge in [0.1, 0.15) is 16.5 Å². The molecule has 0 spiro atoms. The highest BCUT2D eigenvalue weighted by atomic mass is 32.2. The highest BCUT2D eigenvalue weighted by Gasteiger charge is 2.34. The van der Waals surface area contributed by atoms with Crippen LogP contribution in [0.1, 0.15) is 29.3 Å². The van der Waals surface area contributed by atoms with E-state index in [4.69, 9.17) is 0 Å². The zero-order chi connectivity index (χ0) is 22.7. The average molecular weight is 477 g/mol. The molecule has 1 atom stereocenters. The molecule has 1 aliphatic rings. The molecule has 5 nitrogen and oxygen atoms in total. The van der Waals surface area contributed by atoms with Gasteiger partial charge in [-0.05, 0) is 54.1 Å². The normalized spacial score (nSPS) is 16.6. The van der Waals surface area contributed by atoms with Crippen LogP contribution in [-0.4, -0.2) is 31.7 Å². The summed E-state index contributed by atoms with van der Waals surface area (Å²) < 4.78 is 54.2. The fraction of sp³-hybridized carbons (Fsp3) is 0.261. The molecule has 1 amide bonds. The summed E-state index contributed by atoms with van der Waals surface area (Å²) in [5.41, 5.74) is 0.766. The second-order valence-electron chi connectivity index (χ2n) is 7.62. The van der Waals surface area contributed by atoms with Crippen molar-refractivity contribution in [2.24, 2.45) is 5.92 Å². The van der Waals surface area contributed by atoms with E-state index in [1.54, 1.807) is 12.1 Å². The predicted octanol–water partition coefficient (Wildman–Crippen LogP) is 4.33. The van der Waals surface area contributed by atoms with Crippen LogP contribution in [0.15, 0.2) is 70.9 Å². The topological polar surface area (TPSA) is 66.5 Å². The van der Waals surface area contributed by atoms with Gasteiger partial charge >= 0.3 is 0 Å². The lowest BCUT2D eigenvalue weighted by atomic mass is 9.96. The van der Waals surface area contributed by atoms with Gasteiger partial charge in [0.2, 0.25) is 15.9 Å². The van der Waals surface area contributed by atoms with Crippen LogP contribution in [0.3, 0.4) is 0 Å². The van der Waals surface area contributed by atoms with Crippen molar-refractivity contribution in [3.05, 3.63) is 88.1 Å². The second-order valence-corrected chi connectivity index (χ2v) is 10.5. The van der Waals surface area contributed by atoms with Crippen LogP contribution in [0.4, 0.5) is 8.78 Å². The van der Waals surface area contributed by atoms with Crippen LogP contribution in [0.2, 0.25) is 0 Å². The van der Waals surface area contributed by atoms with Gasteiger partial charge in [-0.2, -0.15) is 4.31 Å². The van der Waals surface area contributed by atoms with Crippen LogP contribution in [0.25, 0.3) is 0 Å². The molecule has 0 radical (unpaired) electrons. The summed E-state index contributed by atoms with van der Waals surface area (Å²) in [6.45, 7) is 0.268. The maximum Gasteiger partial charge on any atom is 0.245 e. The van der Waals surface area contributed by atoms with E-state index in [9.17, 15) is 22.0 Å². The van der Waals surface area contributed by atoms with Gasteiger partial charge in [0, 0.05) is 23.9 Å². The van der Waals surface area contributed by atoms with Crippen molar-refractivity contribution in [1.82, 2.24) is 9.62 Å². The SMILES string of the molecule is O=C(N[C@H](c1ccc(F)cc1)c1cccs1)C1CCN(S(=O)(=O)c2ccccc2F)CC1. The monoisotopic (exact) mass is 476 g/mol. The number of thiophene rings is 1. The Morgan fingerprint density at radius 2 is 1.69 bits per heavy atom. The molecule has 3 aromatic rings. The molecule has 1 saturated heterocycles. The van der Waals surface area contributed by atoms with Gasteiger partial charge in [-0.1, -0.05) is 30.3 Å². The maximum atomic E-state index is 14.0. The van der Waals surface area contributed by atoms with Crippen molar-refractivity contribution in [2.75, 3.05) is 13.1 Å². The van der Waals surface area contributed by atoms with Crippen molar-refractivity contribution in [3.63, 3.8) is 0 Å². The number of carbonyl (C=O) groups is 1. The summed E-state index contributed by atoms with van der Waals surface area (Å²) in [7, 11) is -3.95. The van der Waals surface area contributed by atoms with E-state index in [2.05, 4.69) is 5.32 Å². The average Bonchev–Trinajstić information content (AvgIpc) is 3.33. The first-order chi connectivity index (χ1) is 15.4. The molecule has 1 aromatic heterocycles. The maximum absolute atomic E-state index is 14.0. The summed E-state index contributed by atoms with van der Waals surface area (Å²) in [4.78, 5) is 13.6. The summed E-state index contributed by atoms with van der Waals surface area (Å²) in [5.74, 6) is -1.69. The van der Waals surface area contributed by atoms with Crippen molar-refractivity contribution >= 4 is 27.3 Å². The van der Waals surface area contributed by atoms with Crippen molar-refractivity contribution < 1.29 is 22.0 Å². The van der Waals surface area contributed by atoms with Gasteiger partial charge in [-0.25, -0.2) is 17.2 Å². The summed E-state index contributed by atoms with van der Waals surface area (Å²) in [5, 5.41) is 4.95. The van der Waals surface area contributed by atoms with E-state index in [1.165, 1.54) is 46.0 Å². The van der Waals surface area contributed by atoms with E-state index in [0.717, 1.165) is 16.5 Å². The van der Waals surface area contributed by atoms with Crippen LogP contribution < -0.4 is 5.32 Å². The Morgan fingerprint density at radius 3 is 2.31 bits per heavy atom. The molecule has 2 aromatic carbocycles. The molecule has 32 heavy (non-hydrogen) atoms. The Balaban J connectivity index is 1.44. The lowest BCUT2D eigenvalue weighted by molar-refractivity contribution is -0.126. The molecule has 9 heteroatoms. The Morgan fingerprint density at radius 1 is 1.00 bits per heavy atom. The van der Waals surface area contributed by atoms with Gasteiger partial charge in [0.15, 0.2) is 0 Å². The Labute approximate surface area is 189 Å². The largest absolute Gasteiger partial charge is 0.344 e. The number of benzene rings is 2. The fourth-order valence-corrected chi connectivity index (χ4v) is 6.18. The van der Waals surface area contributed by atoms with Crippen LogP contribution in [0.5, 0.6) is 0 Å². The summed E-state index contributed by atoms with van der Waals surface area (Å²) in [6, 6.07) is 14.7. The van der Waals surface area contributed by atoms with Gasteiger partial charge in [0.25, 0.3) is 0 Å². The first-order valence-electron chi connectivity index (χ1n) is 10.2. The molecule has 0 aliphatic carbocycles. The molecule has 1 N–H and O–H groups in total. The number of nitrogens with one attached hydrogen (secondary N) is 1. The smallest absolute Gasteiger partial charge is 0.245 e. The van der Waals surface area contributed by atoms with Gasteiger partial charge in [-0.15, -0.1) is 11.3 Å². The number of amides is 1. The minimum atomic E-state index is -3.95. The number of piperidine rings is 1. The van der Waals surface area contributed by atoms with Crippen LogP contribution in [0, 0.1) is 17.6 Å². The number of halogens is 2. The molecular formula is C23H22F2N2O3S2. The third-order valence-electron chi connectivity index (χ3n) is 5.60. The fourth-order valence-electron chi connectivity index (χ4n) is 3.84. The first-order valence-corrected chi connectivity index (χ1v) is 12.5. The van der Waals surface area contributed by atoms with Gasteiger partial charge in [0.05, 0.1) is 6.04 Å². The molecule has 0 bridgehead atoms. The molecule has 168 valence electrons. The standard InChI is InChI=1S/C23H22F2N2O3S2/c24-18-9-7-16(8-10-18)22(20-5-3-15-31-20)26-23(28)17-11-13-27(14-12-17)32(29,30)21-6-2-1-4-19(21)25/h1-10,15,17,22H,11-14H2,(H,26,28)/t22-/m1/s1. The molecule has 1 fully saturated rings. The van der Waals surface area contributed by atoms with Crippen LogP contribution in [-0.2, 0) is 14.8 Å². The quantitative estimate of drug-likeness (QED) is 0.576. The van der Waals surface area contributed by atoms with Crippen LogP contribution >= 0.6 is 11.3 Å². The number of nitrogens with zero attached hydrogens (tertiary/aromatic N) is 1. The summed E-state index contributed by atoms with van der Waals surface area (Å²) >= 11 is 1.49. The lowest BCUT2D eigenvalue weighted by Crippen LogP contribution is -2.43. The number of carbonyl (C=O) groups excluding carboxylic acids is 1. The van der Waals surface area contributed by atoms with Crippen molar-refractivity contribution in [1.29, 1.82) is 0 Å². The van der Waals surface area contributed by atoms with E-state index < -0.39 is 21.9 Å². The number of hydrogen-bond acceptors (Lipinski definition) is 4. The zero-order valence-corrected chi connectivity index (χ0v) is 18.7. The Hall–Kier alpha value is -2.62. The lowest BCUT2D eigenvalue weighted by Gasteiger charge is -2.31. The molecule has 0 saturated carbocycles. The van der Waals surface area contributed by atoms with Gasteiger partial charge in [-0.3, -0.25) is 4.79 Å². The van der Waals surface area contributed by atoms with Crippen molar-refractivity contribution in [3.8, 4) is 0 Å². The third-order valence-corrected chi connectivity index (χ3v) is 8.47. The zero-order valence-electron chi connectivity index (χ0n) is 17.1. The van der Waals surface area contributed by atoms with Gasteiger partial charge < -0.3 is 5.32 Å². The third kappa shape index (κ3) is 4.74. The molecule has 2 heterocycles. The molecule has 1 aliphatic heterocycles.